The van der Waals surface area contributed by atoms with Gasteiger partial charge in [0, 0.05) is 18.7 Å². The van der Waals surface area contributed by atoms with Crippen molar-refractivity contribution in [3.8, 4) is 5.75 Å². The van der Waals surface area contributed by atoms with Gasteiger partial charge in [0.05, 0.1) is 26.7 Å². The van der Waals surface area contributed by atoms with Gasteiger partial charge in [-0.3, -0.25) is 4.79 Å². The molecule has 0 bridgehead atoms. The molecule has 4 nitrogen and oxygen atoms in total. The van der Waals surface area contributed by atoms with Crippen molar-refractivity contribution >= 4 is 11.6 Å². The molecule has 0 aliphatic carbocycles. The largest absolute Gasteiger partial charge is 0.497 e. The van der Waals surface area contributed by atoms with Gasteiger partial charge >= 0.3 is 0 Å². The summed E-state index contributed by atoms with van der Waals surface area (Å²) in [6, 6.07) is 4.22. The summed E-state index contributed by atoms with van der Waals surface area (Å²) in [6.07, 6.45) is 4.83. The lowest BCUT2D eigenvalue weighted by molar-refractivity contribution is -0.944. The zero-order valence-electron chi connectivity index (χ0n) is 15.6. The van der Waals surface area contributed by atoms with Crippen molar-refractivity contribution in [3.05, 3.63) is 23.3 Å². The molecule has 3 rings (SSSR count). The van der Waals surface area contributed by atoms with E-state index in [9.17, 15) is 4.79 Å². The fourth-order valence-corrected chi connectivity index (χ4v) is 4.85. The third kappa shape index (κ3) is 2.81. The van der Waals surface area contributed by atoms with Gasteiger partial charge in [0.15, 0.2) is 6.04 Å². The summed E-state index contributed by atoms with van der Waals surface area (Å²) in [5.41, 5.74) is 3.35. The van der Waals surface area contributed by atoms with Crippen molar-refractivity contribution in [1.29, 1.82) is 0 Å². The summed E-state index contributed by atoms with van der Waals surface area (Å²) >= 11 is 0. The van der Waals surface area contributed by atoms with Crippen molar-refractivity contribution in [2.45, 2.75) is 52.5 Å². The second-order valence-electron chi connectivity index (χ2n) is 7.45. The minimum Gasteiger partial charge on any atom is -0.497 e. The van der Waals surface area contributed by atoms with Crippen LogP contribution in [-0.4, -0.2) is 49.7 Å². The number of ether oxygens (including phenoxy) is 1. The van der Waals surface area contributed by atoms with E-state index in [1.54, 1.807) is 7.11 Å². The van der Waals surface area contributed by atoms with Crippen LogP contribution in [0, 0.1) is 13.8 Å². The van der Waals surface area contributed by atoms with Crippen LogP contribution in [0.4, 0.5) is 5.69 Å². The van der Waals surface area contributed by atoms with E-state index in [0.717, 1.165) is 46.6 Å². The van der Waals surface area contributed by atoms with E-state index >= 15 is 0 Å². The van der Waals surface area contributed by atoms with Crippen LogP contribution in [0.15, 0.2) is 12.1 Å². The highest BCUT2D eigenvalue weighted by Crippen LogP contribution is 2.36. The molecule has 0 spiro atoms. The van der Waals surface area contributed by atoms with Crippen molar-refractivity contribution in [2.24, 2.45) is 0 Å². The fraction of sp³-hybridized carbons (Fsp3) is 0.650. The molecule has 1 aromatic rings. The van der Waals surface area contributed by atoms with Crippen LogP contribution < -0.4 is 9.64 Å². The Kier molecular flexibility index (Phi) is 4.86. The zero-order valence-corrected chi connectivity index (χ0v) is 15.6. The number of methoxy groups -OCH3 is 1. The first-order valence-electron chi connectivity index (χ1n) is 9.35. The Morgan fingerprint density at radius 3 is 2.33 bits per heavy atom. The topological polar surface area (TPSA) is 29.5 Å². The molecule has 2 heterocycles. The lowest BCUT2D eigenvalue weighted by Gasteiger charge is -2.44. The van der Waals surface area contributed by atoms with Gasteiger partial charge in [0.1, 0.15) is 5.75 Å². The lowest BCUT2D eigenvalue weighted by Crippen LogP contribution is -2.60. The Balaban J connectivity index is 1.89. The molecular weight excluding hydrogens is 300 g/mol. The van der Waals surface area contributed by atoms with E-state index in [4.69, 9.17) is 4.74 Å². The first-order chi connectivity index (χ1) is 11.5. The van der Waals surface area contributed by atoms with Gasteiger partial charge in [0.2, 0.25) is 0 Å². The second-order valence-corrected chi connectivity index (χ2v) is 7.45. The molecular formula is C20H31N2O2+. The molecule has 2 aliphatic heterocycles. The molecule has 2 saturated heterocycles. The maximum Gasteiger partial charge on any atom is 0.285 e. The molecule has 2 aliphatic rings. The summed E-state index contributed by atoms with van der Waals surface area (Å²) in [6.45, 7) is 10.7. The van der Waals surface area contributed by atoms with Crippen LogP contribution in [-0.2, 0) is 4.79 Å². The highest BCUT2D eigenvalue weighted by atomic mass is 16.5. The van der Waals surface area contributed by atoms with Crippen molar-refractivity contribution < 1.29 is 14.0 Å². The number of likely N-dealkylation sites (N-methyl/N-ethyl adjacent to an activating group) is 1. The summed E-state index contributed by atoms with van der Waals surface area (Å²) in [4.78, 5) is 15.3. The number of piperidine rings is 1. The number of anilines is 1. The Labute approximate surface area is 146 Å². The predicted octanol–water partition coefficient (Wildman–Crippen LogP) is 3.44. The molecule has 1 unspecified atom stereocenters. The third-order valence-electron chi connectivity index (χ3n) is 6.15. The smallest absolute Gasteiger partial charge is 0.285 e. The fourth-order valence-electron chi connectivity index (χ4n) is 4.85. The van der Waals surface area contributed by atoms with Crippen LogP contribution in [0.5, 0.6) is 5.75 Å². The standard InChI is InChI=1S/C20H31N2O2/c1-5-22(11-7-6-8-12-22)18-9-10-21(20(18)23)19-15(2)13-17(24-4)14-16(19)3/h13-14,18H,5-12H2,1-4H3/q+1. The van der Waals surface area contributed by atoms with Crippen LogP contribution >= 0.6 is 0 Å². The van der Waals surface area contributed by atoms with Gasteiger partial charge in [-0.2, -0.15) is 0 Å². The van der Waals surface area contributed by atoms with Gasteiger partial charge in [-0.25, -0.2) is 0 Å². The van der Waals surface area contributed by atoms with Crippen LogP contribution in [0.2, 0.25) is 0 Å². The van der Waals surface area contributed by atoms with Crippen LogP contribution in [0.3, 0.4) is 0 Å². The van der Waals surface area contributed by atoms with Crippen molar-refractivity contribution in [1.82, 2.24) is 0 Å². The second kappa shape index (κ2) is 6.75. The number of hydrogen-bond acceptors (Lipinski definition) is 2. The molecule has 1 aromatic carbocycles. The first kappa shape index (κ1) is 17.3. The highest BCUT2D eigenvalue weighted by Gasteiger charge is 2.47. The van der Waals surface area contributed by atoms with E-state index in [1.807, 2.05) is 17.0 Å². The number of hydrogen-bond donors (Lipinski definition) is 0. The quantitative estimate of drug-likeness (QED) is 0.791. The number of amides is 1. The van der Waals surface area contributed by atoms with Gasteiger partial charge < -0.3 is 14.1 Å². The van der Waals surface area contributed by atoms with E-state index in [2.05, 4.69) is 20.8 Å². The Bertz CT molecular complexity index is 597. The molecule has 0 radical (unpaired) electrons. The Hall–Kier alpha value is -1.55. The minimum atomic E-state index is 0.149. The Morgan fingerprint density at radius 1 is 1.17 bits per heavy atom. The Morgan fingerprint density at radius 2 is 1.79 bits per heavy atom. The molecule has 4 heteroatoms. The molecule has 1 atom stereocenters. The lowest BCUT2D eigenvalue weighted by atomic mass is 10.0. The molecule has 0 N–H and O–H groups in total. The molecule has 132 valence electrons. The number of aryl methyl sites for hydroxylation is 2. The highest BCUT2D eigenvalue weighted by molar-refractivity contribution is 6.00. The SMILES string of the molecule is CC[N+]1(C2CCN(c3c(C)cc(OC)cc3C)C2=O)CCCCC1. The molecule has 0 saturated carbocycles. The zero-order chi connectivity index (χ0) is 17.3. The summed E-state index contributed by atoms with van der Waals surface area (Å²) < 4.78 is 6.37. The van der Waals surface area contributed by atoms with Gasteiger partial charge in [0.25, 0.3) is 5.91 Å². The number of likely N-dealkylation sites (tertiary alicyclic amines) is 1. The van der Waals surface area contributed by atoms with E-state index in [0.29, 0.717) is 5.91 Å². The van der Waals surface area contributed by atoms with Gasteiger partial charge in [-0.05, 0) is 63.3 Å². The number of quaternary nitrogens is 1. The summed E-state index contributed by atoms with van der Waals surface area (Å²) in [5, 5.41) is 0. The summed E-state index contributed by atoms with van der Waals surface area (Å²) in [5.74, 6) is 1.19. The van der Waals surface area contributed by atoms with Gasteiger partial charge in [-0.1, -0.05) is 0 Å². The number of carbonyl (C=O) groups excluding carboxylic acids is 1. The number of benzene rings is 1. The third-order valence-corrected chi connectivity index (χ3v) is 6.15. The molecule has 0 aromatic heterocycles. The maximum atomic E-state index is 13.3. The van der Waals surface area contributed by atoms with E-state index in [1.165, 1.54) is 32.4 Å². The van der Waals surface area contributed by atoms with Gasteiger partial charge in [-0.15, -0.1) is 0 Å². The first-order valence-corrected chi connectivity index (χ1v) is 9.35. The van der Waals surface area contributed by atoms with Crippen LogP contribution in [0.25, 0.3) is 0 Å². The maximum absolute atomic E-state index is 13.3. The average Bonchev–Trinajstić information content (AvgIpc) is 2.97. The van der Waals surface area contributed by atoms with Crippen molar-refractivity contribution in [2.75, 3.05) is 38.2 Å². The number of nitrogens with zero attached hydrogens (tertiary/aromatic N) is 2. The minimum absolute atomic E-state index is 0.149. The van der Waals surface area contributed by atoms with E-state index in [-0.39, 0.29) is 6.04 Å². The number of rotatable bonds is 4. The molecule has 2 fully saturated rings. The summed E-state index contributed by atoms with van der Waals surface area (Å²) in [7, 11) is 1.69. The van der Waals surface area contributed by atoms with Crippen LogP contribution in [0.1, 0.15) is 43.7 Å². The number of carbonyl (C=O) groups is 1. The molecule has 1 amide bonds. The van der Waals surface area contributed by atoms with E-state index < -0.39 is 0 Å². The molecule has 24 heavy (non-hydrogen) atoms. The normalized spacial score (nSPS) is 23.6. The average molecular weight is 331 g/mol. The predicted molar refractivity (Wildman–Crippen MR) is 97.6 cm³/mol. The monoisotopic (exact) mass is 331 g/mol. The van der Waals surface area contributed by atoms with Crippen molar-refractivity contribution in [3.63, 3.8) is 0 Å².